The molecule has 0 aromatic carbocycles. The van der Waals surface area contributed by atoms with Crippen molar-refractivity contribution < 1.29 is 4.79 Å². The first-order valence-corrected chi connectivity index (χ1v) is 6.37. The molecular formula is C14H14ClN3O. The van der Waals surface area contributed by atoms with Crippen LogP contribution in [0.5, 0.6) is 0 Å². The Balaban J connectivity index is 2.25. The highest BCUT2D eigenvalue weighted by Gasteiger charge is 2.10. The van der Waals surface area contributed by atoms with Crippen LogP contribution < -0.4 is 5.32 Å². The molecule has 5 heteroatoms. The Morgan fingerprint density at radius 3 is 2.89 bits per heavy atom. The fourth-order valence-electron chi connectivity index (χ4n) is 1.66. The molecule has 0 aliphatic heterocycles. The summed E-state index contributed by atoms with van der Waals surface area (Å²) in [5.74, 6) is 0.319. The SMILES string of the molecule is CCc1cc(C(=O)Nc2ncccc2C)cc(Cl)n1. The van der Waals surface area contributed by atoms with Crippen molar-refractivity contribution in [1.82, 2.24) is 9.97 Å². The summed E-state index contributed by atoms with van der Waals surface area (Å²) in [5.41, 5.74) is 2.18. The van der Waals surface area contributed by atoms with Gasteiger partial charge in [0.05, 0.1) is 0 Å². The predicted molar refractivity (Wildman–Crippen MR) is 75.6 cm³/mol. The summed E-state index contributed by atoms with van der Waals surface area (Å²) in [6.07, 6.45) is 2.36. The minimum atomic E-state index is -0.235. The van der Waals surface area contributed by atoms with E-state index in [-0.39, 0.29) is 5.91 Å². The highest BCUT2D eigenvalue weighted by atomic mass is 35.5. The second-order valence-electron chi connectivity index (χ2n) is 4.15. The molecule has 19 heavy (non-hydrogen) atoms. The number of carbonyl (C=O) groups excluding carboxylic acids is 1. The maximum absolute atomic E-state index is 12.1. The lowest BCUT2D eigenvalue weighted by Gasteiger charge is -2.08. The van der Waals surface area contributed by atoms with Gasteiger partial charge in [-0.3, -0.25) is 4.79 Å². The van der Waals surface area contributed by atoms with E-state index in [1.165, 1.54) is 0 Å². The number of hydrogen-bond donors (Lipinski definition) is 1. The molecule has 2 aromatic heterocycles. The number of pyridine rings is 2. The van der Waals surface area contributed by atoms with Crippen molar-refractivity contribution in [3.63, 3.8) is 0 Å². The van der Waals surface area contributed by atoms with Gasteiger partial charge < -0.3 is 5.32 Å². The van der Waals surface area contributed by atoms with E-state index in [1.807, 2.05) is 26.0 Å². The van der Waals surface area contributed by atoms with Gasteiger partial charge in [0.25, 0.3) is 5.91 Å². The zero-order valence-electron chi connectivity index (χ0n) is 10.8. The zero-order valence-corrected chi connectivity index (χ0v) is 11.5. The first-order chi connectivity index (χ1) is 9.10. The number of anilines is 1. The van der Waals surface area contributed by atoms with Crippen LogP contribution in [-0.4, -0.2) is 15.9 Å². The number of hydrogen-bond acceptors (Lipinski definition) is 3. The number of rotatable bonds is 3. The maximum Gasteiger partial charge on any atom is 0.256 e. The maximum atomic E-state index is 12.1. The number of nitrogens with one attached hydrogen (secondary N) is 1. The first-order valence-electron chi connectivity index (χ1n) is 5.99. The van der Waals surface area contributed by atoms with Gasteiger partial charge >= 0.3 is 0 Å². The number of amides is 1. The molecule has 0 saturated heterocycles. The summed E-state index contributed by atoms with van der Waals surface area (Å²) in [6.45, 7) is 3.85. The minimum Gasteiger partial charge on any atom is -0.306 e. The zero-order chi connectivity index (χ0) is 13.8. The van der Waals surface area contributed by atoms with Crippen LogP contribution in [0, 0.1) is 6.92 Å². The Morgan fingerprint density at radius 2 is 2.21 bits per heavy atom. The standard InChI is InChI=1S/C14H14ClN3O/c1-3-11-7-10(8-12(15)17-11)14(19)18-13-9(2)5-4-6-16-13/h4-8H,3H2,1-2H3,(H,16,18,19). The number of aromatic nitrogens is 2. The molecule has 98 valence electrons. The molecule has 0 bridgehead atoms. The average molecular weight is 276 g/mol. The lowest BCUT2D eigenvalue weighted by molar-refractivity contribution is 0.102. The van der Waals surface area contributed by atoms with E-state index in [2.05, 4.69) is 15.3 Å². The van der Waals surface area contributed by atoms with Crippen LogP contribution in [0.25, 0.3) is 0 Å². The molecule has 1 N–H and O–H groups in total. The van der Waals surface area contributed by atoms with E-state index < -0.39 is 0 Å². The van der Waals surface area contributed by atoms with Gasteiger partial charge in [-0.15, -0.1) is 0 Å². The number of carbonyl (C=O) groups is 1. The van der Waals surface area contributed by atoms with E-state index in [0.29, 0.717) is 16.5 Å². The smallest absolute Gasteiger partial charge is 0.256 e. The highest BCUT2D eigenvalue weighted by Crippen LogP contribution is 2.15. The third kappa shape index (κ3) is 3.29. The lowest BCUT2D eigenvalue weighted by Crippen LogP contribution is -2.14. The molecule has 2 rings (SSSR count). The third-order valence-electron chi connectivity index (χ3n) is 2.71. The van der Waals surface area contributed by atoms with Gasteiger partial charge in [0.2, 0.25) is 0 Å². The van der Waals surface area contributed by atoms with Crippen molar-refractivity contribution in [3.8, 4) is 0 Å². The summed E-state index contributed by atoms with van der Waals surface area (Å²) >= 11 is 5.90. The number of nitrogens with zero attached hydrogens (tertiary/aromatic N) is 2. The largest absolute Gasteiger partial charge is 0.306 e. The van der Waals surface area contributed by atoms with Crippen LogP contribution >= 0.6 is 11.6 Å². The van der Waals surface area contributed by atoms with Gasteiger partial charge in [0.15, 0.2) is 0 Å². The van der Waals surface area contributed by atoms with Gasteiger partial charge in [-0.1, -0.05) is 24.6 Å². The summed E-state index contributed by atoms with van der Waals surface area (Å²) in [4.78, 5) is 20.4. The summed E-state index contributed by atoms with van der Waals surface area (Å²) in [6, 6.07) is 7.00. The Morgan fingerprint density at radius 1 is 1.42 bits per heavy atom. The number of halogens is 1. The van der Waals surface area contributed by atoms with Gasteiger partial charge in [0, 0.05) is 17.5 Å². The number of aryl methyl sites for hydroxylation is 2. The van der Waals surface area contributed by atoms with Crippen LogP contribution in [-0.2, 0) is 6.42 Å². The molecule has 0 unspecified atom stereocenters. The molecule has 0 aliphatic rings. The molecule has 0 fully saturated rings. The van der Waals surface area contributed by atoms with E-state index >= 15 is 0 Å². The van der Waals surface area contributed by atoms with E-state index in [9.17, 15) is 4.79 Å². The topological polar surface area (TPSA) is 54.9 Å². The Kier molecular flexibility index (Phi) is 4.12. The van der Waals surface area contributed by atoms with E-state index in [0.717, 1.165) is 17.7 Å². The Labute approximate surface area is 116 Å². The fourth-order valence-corrected chi connectivity index (χ4v) is 1.89. The van der Waals surface area contributed by atoms with Crippen molar-refractivity contribution >= 4 is 23.3 Å². The molecule has 2 heterocycles. The average Bonchev–Trinajstić information content (AvgIpc) is 2.40. The van der Waals surface area contributed by atoms with Gasteiger partial charge in [0.1, 0.15) is 11.0 Å². The van der Waals surface area contributed by atoms with Crippen LogP contribution in [0.1, 0.15) is 28.5 Å². The van der Waals surface area contributed by atoms with Gasteiger partial charge in [-0.05, 0) is 37.1 Å². The second kappa shape index (κ2) is 5.80. The molecule has 2 aromatic rings. The molecular weight excluding hydrogens is 262 g/mol. The highest BCUT2D eigenvalue weighted by molar-refractivity contribution is 6.29. The third-order valence-corrected chi connectivity index (χ3v) is 2.91. The van der Waals surface area contributed by atoms with Crippen LogP contribution in [0.15, 0.2) is 30.5 Å². The summed E-state index contributed by atoms with van der Waals surface area (Å²) in [7, 11) is 0. The lowest BCUT2D eigenvalue weighted by atomic mass is 10.2. The fraction of sp³-hybridized carbons (Fsp3) is 0.214. The molecule has 0 saturated carbocycles. The quantitative estimate of drug-likeness (QED) is 0.875. The predicted octanol–water partition coefficient (Wildman–Crippen LogP) is 3.25. The van der Waals surface area contributed by atoms with Crippen molar-refractivity contribution in [3.05, 3.63) is 52.4 Å². The molecule has 0 atom stereocenters. The van der Waals surface area contributed by atoms with Crippen molar-refractivity contribution in [1.29, 1.82) is 0 Å². The molecule has 0 aliphatic carbocycles. The molecule has 1 amide bonds. The van der Waals surface area contributed by atoms with Crippen LogP contribution in [0.3, 0.4) is 0 Å². The summed E-state index contributed by atoms with van der Waals surface area (Å²) in [5, 5.41) is 3.09. The van der Waals surface area contributed by atoms with Crippen LogP contribution in [0.4, 0.5) is 5.82 Å². The second-order valence-corrected chi connectivity index (χ2v) is 4.53. The monoisotopic (exact) mass is 275 g/mol. The van der Waals surface area contributed by atoms with E-state index in [4.69, 9.17) is 11.6 Å². The van der Waals surface area contributed by atoms with Crippen LogP contribution in [0.2, 0.25) is 5.15 Å². The molecule has 4 nitrogen and oxygen atoms in total. The van der Waals surface area contributed by atoms with Gasteiger partial charge in [-0.2, -0.15) is 0 Å². The van der Waals surface area contributed by atoms with E-state index in [1.54, 1.807) is 18.3 Å². The molecule has 0 spiro atoms. The first kappa shape index (κ1) is 13.5. The summed E-state index contributed by atoms with van der Waals surface area (Å²) < 4.78 is 0. The van der Waals surface area contributed by atoms with Crippen molar-refractivity contribution in [2.45, 2.75) is 20.3 Å². The van der Waals surface area contributed by atoms with Crippen molar-refractivity contribution in [2.75, 3.05) is 5.32 Å². The van der Waals surface area contributed by atoms with Gasteiger partial charge in [-0.25, -0.2) is 9.97 Å². The normalized spacial score (nSPS) is 10.3. The Bertz CT molecular complexity index is 613. The minimum absolute atomic E-state index is 0.235. The Hall–Kier alpha value is -1.94. The van der Waals surface area contributed by atoms with Crippen molar-refractivity contribution in [2.24, 2.45) is 0 Å². The molecule has 0 radical (unpaired) electrons.